The number of carbonyl (C=O) groups is 1. The van der Waals surface area contributed by atoms with Crippen molar-refractivity contribution in [1.29, 1.82) is 0 Å². The van der Waals surface area contributed by atoms with E-state index >= 15 is 0 Å². The van der Waals surface area contributed by atoms with Crippen molar-refractivity contribution < 1.29 is 13.2 Å². The first-order valence-electron chi connectivity index (χ1n) is 8.10. The lowest BCUT2D eigenvalue weighted by atomic mass is 10.1. The summed E-state index contributed by atoms with van der Waals surface area (Å²) < 4.78 is 23.0. The zero-order valence-electron chi connectivity index (χ0n) is 13.9. The topological polar surface area (TPSA) is 78.5 Å². The van der Waals surface area contributed by atoms with Crippen LogP contribution < -0.4 is 15.5 Å². The number of halogens is 2. The maximum Gasteiger partial charge on any atom is 0.225 e. The van der Waals surface area contributed by atoms with Crippen LogP contribution >= 0.6 is 24.8 Å². The van der Waals surface area contributed by atoms with E-state index in [1.165, 1.54) is 0 Å². The van der Waals surface area contributed by atoms with E-state index in [2.05, 4.69) is 15.5 Å². The Kier molecular flexibility index (Phi) is 8.47. The second-order valence-corrected chi connectivity index (χ2v) is 8.54. The molecule has 2 N–H and O–H groups in total. The molecule has 0 aliphatic carbocycles. The third kappa shape index (κ3) is 6.33. The zero-order valence-corrected chi connectivity index (χ0v) is 16.4. The zero-order chi connectivity index (χ0) is 16.3. The van der Waals surface area contributed by atoms with E-state index in [0.29, 0.717) is 19.5 Å². The Morgan fingerprint density at radius 3 is 2.60 bits per heavy atom. The van der Waals surface area contributed by atoms with Crippen LogP contribution in [0.1, 0.15) is 19.3 Å². The first kappa shape index (κ1) is 22.0. The first-order chi connectivity index (χ1) is 11.0. The van der Waals surface area contributed by atoms with Gasteiger partial charge in [0, 0.05) is 36.9 Å². The number of amides is 1. The van der Waals surface area contributed by atoms with Crippen molar-refractivity contribution in [3.8, 4) is 0 Å². The summed E-state index contributed by atoms with van der Waals surface area (Å²) >= 11 is 0. The average molecular weight is 410 g/mol. The molecule has 0 spiro atoms. The van der Waals surface area contributed by atoms with E-state index in [-0.39, 0.29) is 48.3 Å². The van der Waals surface area contributed by atoms with Crippen LogP contribution in [0.4, 0.5) is 11.4 Å². The summed E-state index contributed by atoms with van der Waals surface area (Å²) in [4.78, 5) is 14.1. The molecule has 6 nitrogen and oxygen atoms in total. The van der Waals surface area contributed by atoms with Crippen LogP contribution in [-0.2, 0) is 14.6 Å². The molecule has 1 amide bonds. The first-order valence-corrected chi connectivity index (χ1v) is 9.93. The third-order valence-electron chi connectivity index (χ3n) is 4.43. The molecule has 0 aromatic heterocycles. The lowest BCUT2D eigenvalue weighted by Gasteiger charge is -2.29. The van der Waals surface area contributed by atoms with E-state index in [1.807, 2.05) is 24.3 Å². The molecule has 0 saturated carbocycles. The van der Waals surface area contributed by atoms with Crippen molar-refractivity contribution in [3.63, 3.8) is 0 Å². The van der Waals surface area contributed by atoms with Gasteiger partial charge in [-0.3, -0.25) is 4.79 Å². The molecule has 2 aliphatic heterocycles. The number of sulfone groups is 1. The molecule has 3 rings (SSSR count). The number of nitrogens with one attached hydrogen (secondary N) is 2. The Hall–Kier alpha value is -1.02. The SMILES string of the molecule is Cl.Cl.O=C(CC1CCCN1)Nc1cccc(N2CCS(=O)(=O)CC2)c1. The Bertz CT molecular complexity index is 665. The summed E-state index contributed by atoms with van der Waals surface area (Å²) in [6, 6.07) is 7.90. The Balaban J connectivity index is 0.00000156. The van der Waals surface area contributed by atoms with Gasteiger partial charge in [-0.1, -0.05) is 6.07 Å². The van der Waals surface area contributed by atoms with Crippen molar-refractivity contribution in [1.82, 2.24) is 5.32 Å². The van der Waals surface area contributed by atoms with E-state index in [0.717, 1.165) is 30.8 Å². The molecule has 9 heteroatoms. The van der Waals surface area contributed by atoms with Crippen molar-refractivity contribution in [2.45, 2.75) is 25.3 Å². The molecular formula is C16H25Cl2N3O3S. The minimum absolute atomic E-state index is 0. The van der Waals surface area contributed by atoms with Gasteiger partial charge in [0.05, 0.1) is 11.5 Å². The molecule has 2 aliphatic rings. The number of hydrogen-bond acceptors (Lipinski definition) is 5. The van der Waals surface area contributed by atoms with Gasteiger partial charge < -0.3 is 15.5 Å². The number of anilines is 2. The molecule has 25 heavy (non-hydrogen) atoms. The minimum atomic E-state index is -2.88. The third-order valence-corrected chi connectivity index (χ3v) is 6.04. The van der Waals surface area contributed by atoms with Gasteiger partial charge in [-0.25, -0.2) is 8.42 Å². The van der Waals surface area contributed by atoms with Gasteiger partial charge >= 0.3 is 0 Å². The number of rotatable bonds is 4. The second kappa shape index (κ2) is 9.62. The van der Waals surface area contributed by atoms with Gasteiger partial charge in [0.15, 0.2) is 9.84 Å². The number of nitrogens with zero attached hydrogens (tertiary/aromatic N) is 1. The summed E-state index contributed by atoms with van der Waals surface area (Å²) in [5, 5.41) is 6.26. The van der Waals surface area contributed by atoms with Gasteiger partial charge in [0.1, 0.15) is 0 Å². The van der Waals surface area contributed by atoms with Crippen molar-refractivity contribution >= 4 is 51.9 Å². The minimum Gasteiger partial charge on any atom is -0.369 e. The van der Waals surface area contributed by atoms with Gasteiger partial charge in [0.2, 0.25) is 5.91 Å². The summed E-state index contributed by atoms with van der Waals surface area (Å²) in [6.45, 7) is 2.00. The van der Waals surface area contributed by atoms with E-state index in [9.17, 15) is 13.2 Å². The van der Waals surface area contributed by atoms with Crippen LogP contribution in [-0.4, -0.2) is 51.5 Å². The van der Waals surface area contributed by atoms with Crippen molar-refractivity contribution in [3.05, 3.63) is 24.3 Å². The number of benzene rings is 1. The fraction of sp³-hybridized carbons (Fsp3) is 0.562. The highest BCUT2D eigenvalue weighted by Crippen LogP contribution is 2.22. The van der Waals surface area contributed by atoms with E-state index in [1.54, 1.807) is 0 Å². The molecule has 1 atom stereocenters. The molecule has 1 unspecified atom stereocenters. The largest absolute Gasteiger partial charge is 0.369 e. The molecule has 0 radical (unpaired) electrons. The molecule has 1 aromatic carbocycles. The second-order valence-electron chi connectivity index (χ2n) is 6.23. The van der Waals surface area contributed by atoms with Crippen molar-refractivity contribution in [2.75, 3.05) is 41.4 Å². The fourth-order valence-corrected chi connectivity index (χ4v) is 4.32. The molecule has 2 saturated heterocycles. The normalized spacial score (nSPS) is 21.8. The Morgan fingerprint density at radius 1 is 1.24 bits per heavy atom. The summed E-state index contributed by atoms with van der Waals surface area (Å²) in [7, 11) is -2.88. The molecular weight excluding hydrogens is 385 g/mol. The maximum absolute atomic E-state index is 12.1. The maximum atomic E-state index is 12.1. The Labute approximate surface area is 161 Å². The molecule has 2 fully saturated rings. The van der Waals surface area contributed by atoms with Crippen LogP contribution in [0, 0.1) is 0 Å². The summed E-state index contributed by atoms with van der Waals surface area (Å²) in [5.74, 6) is 0.399. The monoisotopic (exact) mass is 409 g/mol. The van der Waals surface area contributed by atoms with E-state index in [4.69, 9.17) is 0 Å². The summed E-state index contributed by atoms with van der Waals surface area (Å²) in [5.41, 5.74) is 1.72. The lowest BCUT2D eigenvalue weighted by Crippen LogP contribution is -2.40. The highest BCUT2D eigenvalue weighted by atomic mass is 35.5. The molecule has 2 heterocycles. The highest BCUT2D eigenvalue weighted by Gasteiger charge is 2.22. The smallest absolute Gasteiger partial charge is 0.225 e. The van der Waals surface area contributed by atoms with Crippen LogP contribution in [0.25, 0.3) is 0 Å². The predicted molar refractivity (Wildman–Crippen MR) is 106 cm³/mol. The quantitative estimate of drug-likeness (QED) is 0.792. The van der Waals surface area contributed by atoms with Crippen molar-refractivity contribution in [2.24, 2.45) is 0 Å². The van der Waals surface area contributed by atoms with Crippen LogP contribution in [0.2, 0.25) is 0 Å². The van der Waals surface area contributed by atoms with Gasteiger partial charge in [-0.05, 0) is 37.6 Å². The predicted octanol–water partition coefficient (Wildman–Crippen LogP) is 1.85. The van der Waals surface area contributed by atoms with Crippen LogP contribution in [0.3, 0.4) is 0 Å². The fourth-order valence-electron chi connectivity index (χ4n) is 3.12. The van der Waals surface area contributed by atoms with Gasteiger partial charge in [-0.2, -0.15) is 0 Å². The highest BCUT2D eigenvalue weighted by molar-refractivity contribution is 7.91. The van der Waals surface area contributed by atoms with Crippen LogP contribution in [0.15, 0.2) is 24.3 Å². The average Bonchev–Trinajstić information content (AvgIpc) is 3.00. The molecule has 0 bridgehead atoms. The summed E-state index contributed by atoms with van der Waals surface area (Å²) in [6.07, 6.45) is 2.67. The lowest BCUT2D eigenvalue weighted by molar-refractivity contribution is -0.116. The van der Waals surface area contributed by atoms with Gasteiger partial charge in [-0.15, -0.1) is 24.8 Å². The number of hydrogen-bond donors (Lipinski definition) is 2. The Morgan fingerprint density at radius 2 is 1.96 bits per heavy atom. The van der Waals surface area contributed by atoms with E-state index < -0.39 is 9.84 Å². The molecule has 142 valence electrons. The number of carbonyl (C=O) groups excluding carboxylic acids is 1. The van der Waals surface area contributed by atoms with Crippen LogP contribution in [0.5, 0.6) is 0 Å². The van der Waals surface area contributed by atoms with Gasteiger partial charge in [0.25, 0.3) is 0 Å². The standard InChI is InChI=1S/C16H23N3O3S.2ClH/c20-16(12-13-4-2-6-17-13)18-14-3-1-5-15(11-14)19-7-9-23(21,22)10-8-19;;/h1,3,5,11,13,17H,2,4,6-10,12H2,(H,18,20);2*1H. The molecule has 1 aromatic rings.